The van der Waals surface area contributed by atoms with Crippen molar-refractivity contribution < 1.29 is 24.1 Å². The molecule has 0 bridgehead atoms. The van der Waals surface area contributed by atoms with E-state index in [9.17, 15) is 5.11 Å². The van der Waals surface area contributed by atoms with Gasteiger partial charge >= 0.3 is 0 Å². The zero-order valence-electron chi connectivity index (χ0n) is 24.8. The van der Waals surface area contributed by atoms with Gasteiger partial charge in [0.25, 0.3) is 0 Å². The van der Waals surface area contributed by atoms with E-state index in [0.29, 0.717) is 37.5 Å². The van der Waals surface area contributed by atoms with Crippen LogP contribution in [0.25, 0.3) is 5.52 Å². The molecule has 1 fully saturated rings. The second-order valence-electron chi connectivity index (χ2n) is 11.4. The van der Waals surface area contributed by atoms with Crippen LogP contribution in [0.2, 0.25) is 0 Å². The number of allylic oxidation sites excluding steroid dienone is 3. The van der Waals surface area contributed by atoms with E-state index in [-0.39, 0.29) is 24.3 Å². The first-order valence-corrected chi connectivity index (χ1v) is 14.9. The second kappa shape index (κ2) is 12.9. The summed E-state index contributed by atoms with van der Waals surface area (Å²) in [5.41, 5.74) is 13.6. The third-order valence-corrected chi connectivity index (χ3v) is 8.38. The maximum atomic E-state index is 12.7. The fourth-order valence-corrected chi connectivity index (χ4v) is 5.96. The number of ether oxygens (including phenoxy) is 4. The van der Waals surface area contributed by atoms with Gasteiger partial charge in [0.1, 0.15) is 17.3 Å². The van der Waals surface area contributed by atoms with E-state index in [1.54, 1.807) is 12.1 Å². The van der Waals surface area contributed by atoms with Gasteiger partial charge in [0.05, 0.1) is 25.9 Å². The van der Waals surface area contributed by atoms with Gasteiger partial charge in [-0.05, 0) is 43.0 Å². The first-order valence-electron chi connectivity index (χ1n) is 14.9. The maximum Gasteiger partial charge on any atom is 0.242 e. The molecule has 2 aromatic heterocycles. The van der Waals surface area contributed by atoms with Gasteiger partial charge < -0.3 is 35.5 Å². The molecule has 1 aliphatic heterocycles. The van der Waals surface area contributed by atoms with Crippen LogP contribution in [0.4, 0.5) is 11.8 Å². The van der Waals surface area contributed by atoms with E-state index >= 15 is 0 Å². The van der Waals surface area contributed by atoms with Gasteiger partial charge in [-0.25, -0.2) is 4.52 Å². The molecule has 1 aliphatic carbocycles. The van der Waals surface area contributed by atoms with Crippen LogP contribution >= 0.6 is 0 Å². The molecule has 5 unspecified atom stereocenters. The van der Waals surface area contributed by atoms with E-state index in [1.165, 1.54) is 4.52 Å². The van der Waals surface area contributed by atoms with Crippen LogP contribution in [0.3, 0.4) is 0 Å². The number of aliphatic hydroxyl groups is 1. The topological polar surface area (TPSA) is 139 Å². The van der Waals surface area contributed by atoms with Gasteiger partial charge in [-0.15, -0.1) is 5.10 Å². The summed E-state index contributed by atoms with van der Waals surface area (Å²) in [5, 5.41) is 17.1. The van der Waals surface area contributed by atoms with Crippen molar-refractivity contribution >= 4 is 17.3 Å². The minimum Gasteiger partial charge on any atom is -0.382 e. The number of nitrogens with zero attached hydrogens (tertiary/aromatic N) is 3. The molecule has 3 heterocycles. The molecule has 0 saturated carbocycles. The second-order valence-corrected chi connectivity index (χ2v) is 11.4. The van der Waals surface area contributed by atoms with Crippen LogP contribution in [-0.2, 0) is 37.9 Å². The van der Waals surface area contributed by atoms with Gasteiger partial charge in [0, 0.05) is 12.5 Å². The number of nitrogen functional groups attached to an aromatic ring is 2. The molecule has 0 radical (unpaired) electrons. The predicted octanol–water partition coefficient (Wildman–Crippen LogP) is 4.54. The summed E-state index contributed by atoms with van der Waals surface area (Å²) in [6.45, 7) is 3.31. The quantitative estimate of drug-likeness (QED) is 0.201. The van der Waals surface area contributed by atoms with Gasteiger partial charge in [-0.2, -0.15) is 4.98 Å². The van der Waals surface area contributed by atoms with Crippen LogP contribution in [0, 0.1) is 5.92 Å². The maximum absolute atomic E-state index is 12.7. The number of aromatic nitrogens is 3. The highest BCUT2D eigenvalue weighted by Gasteiger charge is 2.66. The van der Waals surface area contributed by atoms with Crippen LogP contribution in [0.15, 0.2) is 97.1 Å². The number of fused-ring (bicyclic) bond motifs is 1. The first-order chi connectivity index (χ1) is 21.4. The highest BCUT2D eigenvalue weighted by molar-refractivity contribution is 5.67. The van der Waals surface area contributed by atoms with Crippen molar-refractivity contribution in [3.05, 3.63) is 114 Å². The van der Waals surface area contributed by atoms with E-state index < -0.39 is 23.6 Å². The summed E-state index contributed by atoms with van der Waals surface area (Å²) in [5.74, 6) is -1.66. The van der Waals surface area contributed by atoms with E-state index in [4.69, 9.17) is 30.4 Å². The van der Waals surface area contributed by atoms with Crippen molar-refractivity contribution in [2.24, 2.45) is 5.92 Å². The molecule has 5 N–H and O–H groups in total. The Kier molecular flexibility index (Phi) is 8.79. The number of benzene rings is 2. The Bertz CT molecular complexity index is 1610. The molecule has 2 aliphatic rings. The van der Waals surface area contributed by atoms with Crippen LogP contribution < -0.4 is 11.5 Å². The third kappa shape index (κ3) is 5.99. The molecule has 6 rings (SSSR count). The molecule has 0 spiro atoms. The summed E-state index contributed by atoms with van der Waals surface area (Å²) in [4.78, 5) is 4.08. The van der Waals surface area contributed by atoms with Crippen molar-refractivity contribution in [3.8, 4) is 0 Å². The normalized spacial score (nSPS) is 26.5. The van der Waals surface area contributed by atoms with Gasteiger partial charge in [-0.3, -0.25) is 0 Å². The highest BCUT2D eigenvalue weighted by atomic mass is 16.7. The van der Waals surface area contributed by atoms with Crippen molar-refractivity contribution in [2.45, 2.75) is 56.6 Å². The molecular weight excluding hydrogens is 558 g/mol. The molecule has 5 atom stereocenters. The van der Waals surface area contributed by atoms with Crippen LogP contribution in [0.5, 0.6) is 0 Å². The van der Waals surface area contributed by atoms with Gasteiger partial charge in [-0.1, -0.05) is 85.0 Å². The smallest absolute Gasteiger partial charge is 0.242 e. The van der Waals surface area contributed by atoms with Crippen molar-refractivity contribution in [1.29, 1.82) is 0 Å². The average molecular weight is 598 g/mol. The summed E-state index contributed by atoms with van der Waals surface area (Å²) in [6, 6.07) is 23.2. The lowest BCUT2D eigenvalue weighted by Crippen LogP contribution is -2.56. The fraction of sp³-hybridized carbons (Fsp3) is 0.353. The molecule has 230 valence electrons. The molecule has 10 nitrogen and oxygen atoms in total. The Hall–Kier alpha value is -4.06. The Morgan fingerprint density at radius 3 is 2.41 bits per heavy atom. The van der Waals surface area contributed by atoms with Crippen molar-refractivity contribution in [2.75, 3.05) is 24.7 Å². The molecule has 2 aromatic carbocycles. The zero-order chi connectivity index (χ0) is 30.6. The van der Waals surface area contributed by atoms with Gasteiger partial charge in [0.2, 0.25) is 11.7 Å². The number of hydrogen-bond donors (Lipinski definition) is 3. The van der Waals surface area contributed by atoms with Crippen LogP contribution in [-0.4, -0.2) is 50.7 Å². The summed E-state index contributed by atoms with van der Waals surface area (Å²) in [6.07, 6.45) is 8.37. The number of rotatable bonds is 12. The molecule has 0 amide bonds. The summed E-state index contributed by atoms with van der Waals surface area (Å²) in [7, 11) is 0. The lowest BCUT2D eigenvalue weighted by Gasteiger charge is -2.40. The van der Waals surface area contributed by atoms with E-state index in [2.05, 4.69) is 22.2 Å². The minimum absolute atomic E-state index is 0.0308. The lowest BCUT2D eigenvalue weighted by atomic mass is 9.86. The predicted molar refractivity (Wildman–Crippen MR) is 167 cm³/mol. The minimum atomic E-state index is -2.00. The molecular formula is C34H39N5O5. The highest BCUT2D eigenvalue weighted by Crippen LogP contribution is 2.50. The largest absolute Gasteiger partial charge is 0.382 e. The molecule has 10 heteroatoms. The zero-order valence-corrected chi connectivity index (χ0v) is 24.8. The Morgan fingerprint density at radius 2 is 1.70 bits per heavy atom. The fourth-order valence-electron chi connectivity index (χ4n) is 5.96. The Balaban J connectivity index is 1.34. The Morgan fingerprint density at radius 1 is 0.977 bits per heavy atom. The monoisotopic (exact) mass is 597 g/mol. The summed E-state index contributed by atoms with van der Waals surface area (Å²) < 4.78 is 27.5. The van der Waals surface area contributed by atoms with Crippen LogP contribution in [0.1, 0.15) is 36.6 Å². The molecule has 1 saturated heterocycles. The first kappa shape index (κ1) is 30.0. The van der Waals surface area contributed by atoms with Crippen molar-refractivity contribution in [3.63, 3.8) is 0 Å². The van der Waals surface area contributed by atoms with Crippen molar-refractivity contribution in [1.82, 2.24) is 14.6 Å². The Labute approximate surface area is 256 Å². The van der Waals surface area contributed by atoms with E-state index in [1.807, 2.05) is 79.7 Å². The lowest BCUT2D eigenvalue weighted by molar-refractivity contribution is -0.293. The molecule has 4 aromatic rings. The third-order valence-electron chi connectivity index (χ3n) is 8.38. The number of anilines is 2. The molecule has 44 heavy (non-hydrogen) atoms. The number of hydrogen-bond acceptors (Lipinski definition) is 9. The average Bonchev–Trinajstić information content (AvgIpc) is 3.56. The van der Waals surface area contributed by atoms with Gasteiger partial charge in [0.15, 0.2) is 11.4 Å². The van der Waals surface area contributed by atoms with E-state index in [0.717, 1.165) is 17.5 Å². The SMILES string of the molecule is CC1(OCc2ccccc2)C(OCC2C=CC=CC2)C(CCOCc2ccccc2)OC1(O)c1ccc2c(N)nc(N)nn12. The standard InChI is InChI=1S/C34H39N5O5/c1-33(43-23-26-15-9-4-10-16-26)30(42-22-25-13-7-3-8-14-25)28(19-20-41-21-24-11-5-2-6-12-24)44-34(33,40)29-18-17-27-31(35)37-32(36)38-39(27)29/h2-13,15-18,25,28,30,40H,14,19-23H2,1H3,(H4,35,36,37,38). The summed E-state index contributed by atoms with van der Waals surface area (Å²) >= 11 is 0. The number of nitrogens with two attached hydrogens (primary N) is 2.